The van der Waals surface area contributed by atoms with Crippen molar-refractivity contribution in [3.63, 3.8) is 0 Å². The number of nitrogens with zero attached hydrogens (tertiary/aromatic N) is 1. The van der Waals surface area contributed by atoms with Crippen LogP contribution in [0.5, 0.6) is 0 Å². The topological polar surface area (TPSA) is 46.5 Å². The summed E-state index contributed by atoms with van der Waals surface area (Å²) in [5.41, 5.74) is 0. The van der Waals surface area contributed by atoms with Gasteiger partial charge in [-0.05, 0) is 12.1 Å². The predicted octanol–water partition coefficient (Wildman–Crippen LogP) is -0.507. The maximum atomic E-state index is 13.1. The molecule has 64 valence electrons. The van der Waals surface area contributed by atoms with Gasteiger partial charge in [-0.15, -0.1) is 0 Å². The second-order valence-electron chi connectivity index (χ2n) is 2.58. The molecule has 1 heterocycles. The number of hydrogen-bond donors (Lipinski definition) is 0. The Balaban J connectivity index is 2.97. The molecular weight excluding hydrogens is 173 g/mol. The molecule has 0 bridgehead atoms. The molecule has 1 aromatic carbocycles. The van der Waals surface area contributed by atoms with Gasteiger partial charge in [0.2, 0.25) is 0 Å². The van der Waals surface area contributed by atoms with Crippen LogP contribution in [0.2, 0.25) is 0 Å². The summed E-state index contributed by atoms with van der Waals surface area (Å²) < 4.78 is 13.1. The van der Waals surface area contributed by atoms with Crippen LogP contribution >= 0.6 is 0 Å². The molecule has 0 unspecified atom stereocenters. The first kappa shape index (κ1) is 7.79. The Hall–Kier alpha value is -1.84. The first-order valence-corrected chi connectivity index (χ1v) is 3.62. The number of amides is 1. The number of benzene rings is 1. The number of Topliss-reactive ketones (excluding diaryl/α,β-unsaturated/α-hetero) is 1. The zero-order valence-corrected chi connectivity index (χ0v) is 6.45. The molecule has 4 heteroatoms. The molecule has 1 amide bonds. The van der Waals surface area contributed by atoms with Crippen LogP contribution < -0.4 is 10.6 Å². The zero-order chi connectivity index (χ0) is 9.42. The molecular formula is C9H4FNO2. The molecule has 0 spiro atoms. The highest BCUT2D eigenvalue weighted by molar-refractivity contribution is 6.50. The van der Waals surface area contributed by atoms with Crippen LogP contribution in [0.1, 0.15) is 0 Å². The first-order valence-electron chi connectivity index (χ1n) is 3.62. The van der Waals surface area contributed by atoms with Crippen molar-refractivity contribution >= 4 is 17.5 Å². The highest BCUT2D eigenvalue weighted by Gasteiger charge is 2.22. The number of ketones is 1. The molecule has 2 rings (SSSR count). The van der Waals surface area contributed by atoms with Gasteiger partial charge >= 0.3 is 5.91 Å². The number of carbonyl (C=O) groups excluding carboxylic acids is 2. The summed E-state index contributed by atoms with van der Waals surface area (Å²) in [6.07, 6.45) is 0. The SMILES string of the molecule is O=C1N=c2ccccc2=C(F)C1=O. The molecule has 0 saturated heterocycles. The summed E-state index contributed by atoms with van der Waals surface area (Å²) in [5.74, 6) is -3.23. The van der Waals surface area contributed by atoms with E-state index in [1.165, 1.54) is 12.1 Å². The van der Waals surface area contributed by atoms with E-state index < -0.39 is 17.5 Å². The quantitative estimate of drug-likeness (QED) is 0.501. The highest BCUT2D eigenvalue weighted by atomic mass is 19.1. The van der Waals surface area contributed by atoms with E-state index in [1.807, 2.05) is 0 Å². The lowest BCUT2D eigenvalue weighted by Gasteiger charge is -1.98. The third-order valence-corrected chi connectivity index (χ3v) is 1.76. The summed E-state index contributed by atoms with van der Waals surface area (Å²) in [6.45, 7) is 0. The number of hydrogen-bond acceptors (Lipinski definition) is 2. The molecule has 0 radical (unpaired) electrons. The lowest BCUT2D eigenvalue weighted by molar-refractivity contribution is -0.133. The van der Waals surface area contributed by atoms with Crippen molar-refractivity contribution in [1.29, 1.82) is 0 Å². The van der Waals surface area contributed by atoms with Gasteiger partial charge in [-0.2, -0.15) is 0 Å². The van der Waals surface area contributed by atoms with Crippen molar-refractivity contribution in [3.8, 4) is 0 Å². The minimum absolute atomic E-state index is 0.0899. The van der Waals surface area contributed by atoms with Crippen LogP contribution in [0.4, 0.5) is 4.39 Å². The molecule has 0 saturated carbocycles. The Labute approximate surface area is 72.2 Å². The molecule has 1 aliphatic rings. The Morgan fingerprint density at radius 1 is 1.15 bits per heavy atom. The summed E-state index contributed by atoms with van der Waals surface area (Å²) in [6, 6.07) is 6.10. The Morgan fingerprint density at radius 3 is 2.62 bits per heavy atom. The standard InChI is InChI=1S/C9H4FNO2/c10-7-5-3-1-2-4-6(5)11-9(13)8(7)12/h1-4H. The average Bonchev–Trinajstić information content (AvgIpc) is 2.15. The van der Waals surface area contributed by atoms with Crippen LogP contribution in [-0.2, 0) is 9.59 Å². The van der Waals surface area contributed by atoms with Gasteiger partial charge in [-0.1, -0.05) is 12.1 Å². The summed E-state index contributed by atoms with van der Waals surface area (Å²) >= 11 is 0. The van der Waals surface area contributed by atoms with E-state index in [9.17, 15) is 14.0 Å². The number of para-hydroxylation sites is 1. The summed E-state index contributed by atoms with van der Waals surface area (Å²) in [4.78, 5) is 25.1. The molecule has 13 heavy (non-hydrogen) atoms. The Morgan fingerprint density at radius 2 is 1.85 bits per heavy atom. The fraction of sp³-hybridized carbons (Fsp3) is 0. The number of halogens is 1. The van der Waals surface area contributed by atoms with E-state index in [4.69, 9.17) is 0 Å². The van der Waals surface area contributed by atoms with Crippen LogP contribution in [0.3, 0.4) is 0 Å². The van der Waals surface area contributed by atoms with E-state index in [1.54, 1.807) is 12.1 Å². The molecule has 0 N–H and O–H groups in total. The Bertz CT molecular complexity index is 519. The van der Waals surface area contributed by atoms with Gasteiger partial charge in [-0.25, -0.2) is 9.38 Å². The van der Waals surface area contributed by atoms with Gasteiger partial charge in [0, 0.05) is 5.22 Å². The number of carbonyl (C=O) groups is 2. The van der Waals surface area contributed by atoms with Crippen molar-refractivity contribution in [2.45, 2.75) is 0 Å². The fourth-order valence-corrected chi connectivity index (χ4v) is 1.13. The number of fused-ring (bicyclic) bond motifs is 1. The minimum atomic E-state index is -1.17. The van der Waals surface area contributed by atoms with E-state index >= 15 is 0 Å². The summed E-state index contributed by atoms with van der Waals surface area (Å²) in [7, 11) is 0. The normalized spacial score (nSPS) is 15.3. The second-order valence-corrected chi connectivity index (χ2v) is 2.58. The predicted molar refractivity (Wildman–Crippen MR) is 41.8 cm³/mol. The third-order valence-electron chi connectivity index (χ3n) is 1.76. The van der Waals surface area contributed by atoms with Gasteiger partial charge in [0.25, 0.3) is 5.78 Å². The average molecular weight is 177 g/mol. The molecule has 0 fully saturated rings. The number of rotatable bonds is 0. The second kappa shape index (κ2) is 2.58. The van der Waals surface area contributed by atoms with Gasteiger partial charge < -0.3 is 0 Å². The van der Waals surface area contributed by atoms with Gasteiger partial charge in [0.05, 0.1) is 5.36 Å². The third kappa shape index (κ3) is 1.07. The monoisotopic (exact) mass is 177 g/mol. The van der Waals surface area contributed by atoms with Gasteiger partial charge in [0.15, 0.2) is 5.83 Å². The van der Waals surface area contributed by atoms with Gasteiger partial charge in [-0.3, -0.25) is 9.59 Å². The van der Waals surface area contributed by atoms with Crippen LogP contribution in [-0.4, -0.2) is 11.7 Å². The van der Waals surface area contributed by atoms with E-state index in [0.29, 0.717) is 0 Å². The molecule has 3 nitrogen and oxygen atoms in total. The van der Waals surface area contributed by atoms with E-state index in [0.717, 1.165) is 0 Å². The zero-order valence-electron chi connectivity index (χ0n) is 6.45. The molecule has 1 aromatic rings. The highest BCUT2D eigenvalue weighted by Crippen LogP contribution is 2.00. The molecule has 0 atom stereocenters. The van der Waals surface area contributed by atoms with Crippen molar-refractivity contribution in [2.75, 3.05) is 0 Å². The van der Waals surface area contributed by atoms with Crippen LogP contribution in [0.25, 0.3) is 5.83 Å². The fourth-order valence-electron chi connectivity index (χ4n) is 1.13. The summed E-state index contributed by atoms with van der Waals surface area (Å²) in [5, 5.41) is 0.303. The van der Waals surface area contributed by atoms with Crippen molar-refractivity contribution in [2.24, 2.45) is 4.99 Å². The maximum absolute atomic E-state index is 13.1. The first-order chi connectivity index (χ1) is 6.20. The van der Waals surface area contributed by atoms with E-state index in [-0.39, 0.29) is 10.6 Å². The lowest BCUT2D eigenvalue weighted by Crippen LogP contribution is -2.36. The lowest BCUT2D eigenvalue weighted by atomic mass is 10.2. The van der Waals surface area contributed by atoms with Crippen molar-refractivity contribution < 1.29 is 14.0 Å². The molecule has 0 aliphatic carbocycles. The van der Waals surface area contributed by atoms with Gasteiger partial charge in [0.1, 0.15) is 0 Å². The van der Waals surface area contributed by atoms with Crippen molar-refractivity contribution in [1.82, 2.24) is 0 Å². The minimum Gasteiger partial charge on any atom is -0.280 e. The van der Waals surface area contributed by atoms with E-state index in [2.05, 4.69) is 4.99 Å². The Kier molecular flexibility index (Phi) is 1.55. The van der Waals surface area contributed by atoms with Crippen LogP contribution in [0, 0.1) is 0 Å². The largest absolute Gasteiger partial charge is 0.321 e. The molecule has 0 aromatic heterocycles. The maximum Gasteiger partial charge on any atom is 0.321 e. The van der Waals surface area contributed by atoms with Crippen LogP contribution in [0.15, 0.2) is 29.3 Å². The molecule has 1 aliphatic heterocycles. The van der Waals surface area contributed by atoms with Crippen molar-refractivity contribution in [3.05, 3.63) is 34.8 Å². The smallest absolute Gasteiger partial charge is 0.280 e.